The zero-order valence-corrected chi connectivity index (χ0v) is 9.03. The Balaban J connectivity index is 2.82. The molecule has 0 aromatic heterocycles. The van der Waals surface area contributed by atoms with E-state index in [0.29, 0.717) is 0 Å². The molecule has 0 N–H and O–H groups in total. The number of rotatable bonds is 2. The molecule has 0 saturated heterocycles. The van der Waals surface area contributed by atoms with Crippen LogP contribution in [0.3, 0.4) is 0 Å². The first-order valence-electron chi connectivity index (χ1n) is 2.67. The fourth-order valence-corrected chi connectivity index (χ4v) is 5.23. The molecule has 2 nitrogen and oxygen atoms in total. The summed E-state index contributed by atoms with van der Waals surface area (Å²) in [6.45, 7) is -3.31. The average Bonchev–Trinajstić information content (AvgIpc) is 1.85. The molecule has 0 fully saturated rings. The normalized spacial score (nSPS) is 11.7. The van der Waals surface area contributed by atoms with Gasteiger partial charge in [-0.15, -0.1) is 0 Å². The summed E-state index contributed by atoms with van der Waals surface area (Å²) in [5, 5.41) is 0. The van der Waals surface area contributed by atoms with Crippen LogP contribution in [0.1, 0.15) is 0 Å². The van der Waals surface area contributed by atoms with Crippen molar-refractivity contribution in [2.45, 2.75) is 0 Å². The molecule has 0 aliphatic rings. The van der Waals surface area contributed by atoms with E-state index in [1.807, 2.05) is 6.07 Å². The molecule has 0 spiro atoms. The van der Waals surface area contributed by atoms with Gasteiger partial charge in [0.1, 0.15) is 0 Å². The minimum atomic E-state index is -3.31. The van der Waals surface area contributed by atoms with E-state index >= 15 is 0 Å². The van der Waals surface area contributed by atoms with Gasteiger partial charge in [0.2, 0.25) is 0 Å². The molecule has 0 saturated carbocycles. The molecule has 11 heavy (non-hydrogen) atoms. The van der Waals surface area contributed by atoms with Crippen LogP contribution >= 0.6 is 10.7 Å². The van der Waals surface area contributed by atoms with Crippen LogP contribution in [0.2, 0.25) is 0 Å². The number of halogens is 1. The van der Waals surface area contributed by atoms with Gasteiger partial charge in [-0.2, -0.15) is 0 Å². The molecule has 1 aromatic carbocycles. The Morgan fingerprint density at radius 1 is 1.18 bits per heavy atom. The van der Waals surface area contributed by atoms with Crippen LogP contribution in [-0.2, 0) is 24.9 Å². The maximum absolute atomic E-state index is 10.6. The molecule has 0 unspecified atom stereocenters. The van der Waals surface area contributed by atoms with E-state index in [-0.39, 0.29) is 0 Å². The van der Waals surface area contributed by atoms with Gasteiger partial charge in [-0.3, -0.25) is 0 Å². The van der Waals surface area contributed by atoms with Crippen LogP contribution in [-0.4, -0.2) is 8.42 Å². The van der Waals surface area contributed by atoms with E-state index in [1.165, 1.54) is 0 Å². The van der Waals surface area contributed by atoms with Crippen LogP contribution in [0.4, 0.5) is 0 Å². The van der Waals surface area contributed by atoms with E-state index < -0.39 is 24.9 Å². The Bertz CT molecular complexity index is 322. The van der Waals surface area contributed by atoms with Crippen LogP contribution in [0.5, 0.6) is 0 Å². The fraction of sp³-hybridized carbons (Fsp3) is 0. The zero-order valence-electron chi connectivity index (χ0n) is 5.29. The summed E-state index contributed by atoms with van der Waals surface area (Å²) in [4.78, 5) is 0. The first kappa shape index (κ1) is 9.29. The molecule has 0 amide bonds. The number of hydrogen-bond acceptors (Lipinski definition) is 2. The SMILES string of the molecule is O=[S](=O)(Cl)[Au][c]1ccccc1. The van der Waals surface area contributed by atoms with Crippen molar-refractivity contribution in [2.24, 2.45) is 0 Å². The van der Waals surface area contributed by atoms with Crippen molar-refractivity contribution in [3.63, 3.8) is 0 Å². The van der Waals surface area contributed by atoms with Crippen molar-refractivity contribution in [1.29, 1.82) is 0 Å². The van der Waals surface area contributed by atoms with Crippen LogP contribution in [0.15, 0.2) is 30.3 Å². The Kier molecular flexibility index (Phi) is 3.16. The third-order valence-corrected chi connectivity index (χ3v) is 6.12. The van der Waals surface area contributed by atoms with Gasteiger partial charge < -0.3 is 0 Å². The first-order chi connectivity index (χ1) is 5.08. The topological polar surface area (TPSA) is 34.1 Å². The third kappa shape index (κ3) is 3.94. The summed E-state index contributed by atoms with van der Waals surface area (Å²) >= 11 is -0.965. The van der Waals surface area contributed by atoms with E-state index in [0.717, 1.165) is 3.78 Å². The monoisotopic (exact) mass is 373 g/mol. The van der Waals surface area contributed by atoms with Gasteiger partial charge >= 0.3 is 78.2 Å². The van der Waals surface area contributed by atoms with Gasteiger partial charge in [-0.05, 0) is 0 Å². The van der Waals surface area contributed by atoms with E-state index in [4.69, 9.17) is 10.7 Å². The molecule has 0 heterocycles. The molecular formula is C6H5AuClO2S. The van der Waals surface area contributed by atoms with Gasteiger partial charge in [-0.1, -0.05) is 0 Å². The Morgan fingerprint density at radius 3 is 2.18 bits per heavy atom. The summed E-state index contributed by atoms with van der Waals surface area (Å²) < 4.78 is 22.0. The van der Waals surface area contributed by atoms with Crippen LogP contribution < -0.4 is 3.78 Å². The maximum atomic E-state index is 10.6. The molecule has 0 aliphatic heterocycles. The van der Waals surface area contributed by atoms with Crippen molar-refractivity contribution in [2.75, 3.05) is 0 Å². The molecule has 0 aliphatic carbocycles. The van der Waals surface area contributed by atoms with Gasteiger partial charge in [0, 0.05) is 0 Å². The van der Waals surface area contributed by atoms with Crippen molar-refractivity contribution in [3.8, 4) is 0 Å². The summed E-state index contributed by atoms with van der Waals surface area (Å²) in [5.74, 6) is 0. The number of benzene rings is 1. The standard InChI is InChI=1S/C6H5.Au.ClO2S/c1-2-4-6-5-3-1;;1-4(2)3/h1-5H;;. The van der Waals surface area contributed by atoms with E-state index in [2.05, 4.69) is 0 Å². The van der Waals surface area contributed by atoms with Crippen LogP contribution in [0.25, 0.3) is 0 Å². The molecule has 0 atom stereocenters. The third-order valence-electron chi connectivity index (χ3n) is 0.852. The molecule has 0 bridgehead atoms. The molecule has 0 radical (unpaired) electrons. The zero-order chi connectivity index (χ0) is 8.32. The van der Waals surface area contributed by atoms with Gasteiger partial charge in [-0.25, -0.2) is 0 Å². The second-order valence-corrected chi connectivity index (χ2v) is 11.2. The van der Waals surface area contributed by atoms with Crippen molar-refractivity contribution < 1.29 is 26.8 Å². The Hall–Kier alpha value is 0.200. The predicted octanol–water partition coefficient (Wildman–Crippen LogP) is 0.878. The molecule has 65 valence electrons. The van der Waals surface area contributed by atoms with Crippen molar-refractivity contribution >= 4 is 21.0 Å². The van der Waals surface area contributed by atoms with Crippen molar-refractivity contribution in [3.05, 3.63) is 30.3 Å². The fourth-order valence-electron chi connectivity index (χ4n) is 0.526. The Labute approximate surface area is 77.9 Å². The summed E-state index contributed by atoms with van der Waals surface area (Å²) in [7, 11) is 5.08. The Morgan fingerprint density at radius 2 is 1.73 bits per heavy atom. The average molecular weight is 374 g/mol. The minimum absolute atomic E-state index is 0.808. The summed E-state index contributed by atoms with van der Waals surface area (Å²) in [6.07, 6.45) is 0. The van der Waals surface area contributed by atoms with Gasteiger partial charge in [0.15, 0.2) is 0 Å². The van der Waals surface area contributed by atoms with E-state index in [1.54, 1.807) is 24.3 Å². The first-order valence-corrected chi connectivity index (χ1v) is 8.56. The van der Waals surface area contributed by atoms with Crippen LogP contribution in [0, 0.1) is 0 Å². The second-order valence-electron chi connectivity index (χ2n) is 1.65. The predicted molar refractivity (Wildman–Crippen MR) is 40.8 cm³/mol. The summed E-state index contributed by atoms with van der Waals surface area (Å²) in [5.41, 5.74) is 0. The quantitative estimate of drug-likeness (QED) is 0.570. The van der Waals surface area contributed by atoms with Gasteiger partial charge in [0.25, 0.3) is 0 Å². The molecular weight excluding hydrogens is 369 g/mol. The molecule has 5 heteroatoms. The molecule has 1 rings (SSSR count). The summed E-state index contributed by atoms with van der Waals surface area (Å²) in [6, 6.07) is 8.97. The number of hydrogen-bond donors (Lipinski definition) is 0. The molecule has 1 aromatic rings. The van der Waals surface area contributed by atoms with E-state index in [9.17, 15) is 8.42 Å². The second kappa shape index (κ2) is 3.74. The van der Waals surface area contributed by atoms with Gasteiger partial charge in [0.05, 0.1) is 0 Å². The van der Waals surface area contributed by atoms with Crippen molar-refractivity contribution in [1.82, 2.24) is 0 Å².